The maximum absolute atomic E-state index is 6.34. The van der Waals surface area contributed by atoms with E-state index in [1.165, 1.54) is 0 Å². The molecule has 0 aliphatic rings. The number of hydrazone groups is 1. The van der Waals surface area contributed by atoms with Crippen LogP contribution in [0.1, 0.15) is 17.0 Å². The van der Waals surface area contributed by atoms with Crippen LogP contribution in [0, 0.1) is 13.8 Å². The molecule has 26 heavy (non-hydrogen) atoms. The third-order valence-corrected chi connectivity index (χ3v) is 4.48. The van der Waals surface area contributed by atoms with E-state index < -0.39 is 0 Å². The molecule has 1 aromatic heterocycles. The van der Waals surface area contributed by atoms with Gasteiger partial charge in [0.05, 0.1) is 16.9 Å². The molecule has 2 N–H and O–H groups in total. The van der Waals surface area contributed by atoms with Crippen LogP contribution in [0.3, 0.4) is 0 Å². The summed E-state index contributed by atoms with van der Waals surface area (Å²) < 4.78 is 2.12. The lowest BCUT2D eigenvalue weighted by molar-refractivity contribution is 0.964. The Balaban J connectivity index is 1.73. The molecule has 0 amide bonds. The van der Waals surface area contributed by atoms with E-state index in [1.54, 1.807) is 6.21 Å². The SMILES string of the molecule is Cc1cc(/C=N\NC(=S)Nc2ccccc2)c(C)n1-c1ccccc1Cl. The molecule has 0 saturated carbocycles. The summed E-state index contributed by atoms with van der Waals surface area (Å²) in [7, 11) is 0. The van der Waals surface area contributed by atoms with Crippen LogP contribution in [-0.2, 0) is 0 Å². The minimum absolute atomic E-state index is 0.437. The van der Waals surface area contributed by atoms with Crippen molar-refractivity contribution in [3.8, 4) is 5.69 Å². The van der Waals surface area contributed by atoms with Crippen molar-refractivity contribution in [2.75, 3.05) is 5.32 Å². The van der Waals surface area contributed by atoms with Crippen LogP contribution in [0.2, 0.25) is 5.02 Å². The number of thiocarbonyl (C=S) groups is 1. The number of nitrogens with one attached hydrogen (secondary N) is 2. The molecular weight excluding hydrogens is 364 g/mol. The van der Waals surface area contributed by atoms with Gasteiger partial charge >= 0.3 is 0 Å². The van der Waals surface area contributed by atoms with Crippen molar-refractivity contribution >= 4 is 40.8 Å². The Kier molecular flexibility index (Phi) is 5.71. The molecule has 6 heteroatoms. The molecule has 0 aliphatic carbocycles. The van der Waals surface area contributed by atoms with Crippen LogP contribution in [0.5, 0.6) is 0 Å². The zero-order valence-electron chi connectivity index (χ0n) is 14.5. The van der Waals surface area contributed by atoms with Gasteiger partial charge in [0.25, 0.3) is 0 Å². The minimum Gasteiger partial charge on any atom is -0.331 e. The van der Waals surface area contributed by atoms with Gasteiger partial charge in [-0.05, 0) is 56.4 Å². The summed E-state index contributed by atoms with van der Waals surface area (Å²) in [6.07, 6.45) is 1.76. The molecule has 0 saturated heterocycles. The normalized spacial score (nSPS) is 10.9. The molecule has 0 bridgehead atoms. The minimum atomic E-state index is 0.437. The number of benzene rings is 2. The second kappa shape index (κ2) is 8.17. The molecule has 0 aliphatic heterocycles. The molecule has 132 valence electrons. The monoisotopic (exact) mass is 382 g/mol. The highest BCUT2D eigenvalue weighted by Gasteiger charge is 2.11. The topological polar surface area (TPSA) is 41.4 Å². The van der Waals surface area contributed by atoms with Crippen molar-refractivity contribution in [2.24, 2.45) is 5.10 Å². The lowest BCUT2D eigenvalue weighted by Gasteiger charge is -2.11. The summed E-state index contributed by atoms with van der Waals surface area (Å²) in [4.78, 5) is 0. The highest BCUT2D eigenvalue weighted by Crippen LogP contribution is 2.25. The van der Waals surface area contributed by atoms with Gasteiger partial charge in [0, 0.05) is 22.6 Å². The van der Waals surface area contributed by atoms with Gasteiger partial charge in [-0.2, -0.15) is 5.10 Å². The van der Waals surface area contributed by atoms with Crippen molar-refractivity contribution in [1.29, 1.82) is 0 Å². The second-order valence-electron chi connectivity index (χ2n) is 5.80. The number of halogens is 1. The first-order valence-electron chi connectivity index (χ1n) is 8.15. The largest absolute Gasteiger partial charge is 0.331 e. The van der Waals surface area contributed by atoms with E-state index in [0.29, 0.717) is 10.1 Å². The van der Waals surface area contributed by atoms with Gasteiger partial charge in [-0.1, -0.05) is 41.9 Å². The average Bonchev–Trinajstić information content (AvgIpc) is 2.90. The predicted molar refractivity (Wildman–Crippen MR) is 114 cm³/mol. The number of aromatic nitrogens is 1. The average molecular weight is 383 g/mol. The number of para-hydroxylation sites is 2. The van der Waals surface area contributed by atoms with E-state index in [4.69, 9.17) is 23.8 Å². The Morgan fingerprint density at radius 2 is 1.77 bits per heavy atom. The summed E-state index contributed by atoms with van der Waals surface area (Å²) >= 11 is 11.6. The summed E-state index contributed by atoms with van der Waals surface area (Å²) in [5.41, 5.74) is 7.85. The second-order valence-corrected chi connectivity index (χ2v) is 6.62. The van der Waals surface area contributed by atoms with Gasteiger partial charge in [0.1, 0.15) is 0 Å². The van der Waals surface area contributed by atoms with Gasteiger partial charge in [0.2, 0.25) is 0 Å². The van der Waals surface area contributed by atoms with Crippen molar-refractivity contribution in [3.63, 3.8) is 0 Å². The number of hydrogen-bond donors (Lipinski definition) is 2. The van der Waals surface area contributed by atoms with E-state index in [9.17, 15) is 0 Å². The first-order valence-corrected chi connectivity index (χ1v) is 8.94. The highest BCUT2D eigenvalue weighted by atomic mass is 35.5. The number of rotatable bonds is 4. The summed E-state index contributed by atoms with van der Waals surface area (Å²) in [5.74, 6) is 0. The fraction of sp³-hybridized carbons (Fsp3) is 0.100. The van der Waals surface area contributed by atoms with Crippen molar-refractivity contribution in [2.45, 2.75) is 13.8 Å². The molecule has 0 fully saturated rings. The molecular formula is C20H19ClN4S. The van der Waals surface area contributed by atoms with Gasteiger partial charge in [0.15, 0.2) is 5.11 Å². The smallest absolute Gasteiger partial charge is 0.191 e. The molecule has 0 radical (unpaired) electrons. The lowest BCUT2D eigenvalue weighted by Crippen LogP contribution is -2.23. The quantitative estimate of drug-likeness (QED) is 0.376. The number of anilines is 1. The molecule has 0 spiro atoms. The molecule has 2 aromatic carbocycles. The Bertz CT molecular complexity index is 948. The van der Waals surface area contributed by atoms with Crippen LogP contribution in [0.4, 0.5) is 5.69 Å². The lowest BCUT2D eigenvalue weighted by atomic mass is 10.2. The van der Waals surface area contributed by atoms with Crippen LogP contribution < -0.4 is 10.7 Å². The van der Waals surface area contributed by atoms with Gasteiger partial charge in [-0.15, -0.1) is 0 Å². The summed E-state index contributed by atoms with van der Waals surface area (Å²) in [6.45, 7) is 4.08. The maximum Gasteiger partial charge on any atom is 0.191 e. The standard InChI is InChI=1S/C20H19ClN4S/c1-14-12-16(15(2)25(14)19-11-7-6-10-18(19)21)13-22-24-20(26)23-17-8-4-3-5-9-17/h3-13H,1-2H3,(H2,23,24,26)/b22-13-. The van der Waals surface area contributed by atoms with E-state index in [-0.39, 0.29) is 0 Å². The third kappa shape index (κ3) is 4.12. The zero-order chi connectivity index (χ0) is 18.5. The first kappa shape index (κ1) is 18.2. The predicted octanol–water partition coefficient (Wildman–Crippen LogP) is 5.07. The fourth-order valence-corrected chi connectivity index (χ4v) is 3.15. The maximum atomic E-state index is 6.34. The van der Waals surface area contributed by atoms with Crippen molar-refractivity contribution in [3.05, 3.63) is 82.6 Å². The Morgan fingerprint density at radius 1 is 1.08 bits per heavy atom. The van der Waals surface area contributed by atoms with Crippen LogP contribution in [0.25, 0.3) is 5.69 Å². The number of hydrogen-bond acceptors (Lipinski definition) is 2. The highest BCUT2D eigenvalue weighted by molar-refractivity contribution is 7.80. The van der Waals surface area contributed by atoms with Gasteiger partial charge < -0.3 is 9.88 Å². The van der Waals surface area contributed by atoms with Gasteiger partial charge in [-0.25, -0.2) is 0 Å². The molecule has 3 aromatic rings. The van der Waals surface area contributed by atoms with E-state index in [0.717, 1.165) is 28.3 Å². The number of aryl methyl sites for hydroxylation is 1. The zero-order valence-corrected chi connectivity index (χ0v) is 16.1. The molecule has 0 atom stereocenters. The summed E-state index contributed by atoms with van der Waals surface area (Å²) in [6, 6.07) is 19.6. The Hall–Kier alpha value is -2.63. The van der Waals surface area contributed by atoms with E-state index in [2.05, 4.69) is 26.5 Å². The third-order valence-electron chi connectivity index (χ3n) is 3.97. The first-order chi connectivity index (χ1) is 12.6. The molecule has 3 rings (SSSR count). The molecule has 0 unspecified atom stereocenters. The molecule has 1 heterocycles. The van der Waals surface area contributed by atoms with Crippen LogP contribution >= 0.6 is 23.8 Å². The molecule has 4 nitrogen and oxygen atoms in total. The van der Waals surface area contributed by atoms with E-state index in [1.807, 2.05) is 68.4 Å². The number of nitrogens with zero attached hydrogens (tertiary/aromatic N) is 2. The van der Waals surface area contributed by atoms with Crippen molar-refractivity contribution in [1.82, 2.24) is 9.99 Å². The fourth-order valence-electron chi connectivity index (χ4n) is 2.76. The van der Waals surface area contributed by atoms with Gasteiger partial charge in [-0.3, -0.25) is 5.43 Å². The summed E-state index contributed by atoms with van der Waals surface area (Å²) in [5, 5.41) is 8.47. The van der Waals surface area contributed by atoms with Crippen molar-refractivity contribution < 1.29 is 0 Å². The van der Waals surface area contributed by atoms with E-state index >= 15 is 0 Å². The van der Waals surface area contributed by atoms with Crippen LogP contribution in [0.15, 0.2) is 65.8 Å². The Morgan fingerprint density at radius 3 is 2.50 bits per heavy atom. The van der Waals surface area contributed by atoms with Crippen LogP contribution in [-0.4, -0.2) is 15.9 Å². The Labute approximate surface area is 163 Å².